The Balaban J connectivity index is 2.09. The van der Waals surface area contributed by atoms with Crippen LogP contribution in [-0.4, -0.2) is 29.2 Å². The highest BCUT2D eigenvalue weighted by Crippen LogP contribution is 2.36. The van der Waals surface area contributed by atoms with E-state index in [9.17, 15) is 19.5 Å². The van der Waals surface area contributed by atoms with Crippen LogP contribution in [0.4, 0.5) is 5.69 Å². The molecule has 5 N–H and O–H groups in total. The molecule has 0 fully saturated rings. The van der Waals surface area contributed by atoms with Crippen molar-refractivity contribution >= 4 is 57.8 Å². The van der Waals surface area contributed by atoms with E-state index in [1.165, 1.54) is 36.5 Å². The fourth-order valence-corrected chi connectivity index (χ4v) is 3.85. The molecule has 28 heavy (non-hydrogen) atoms. The third-order valence-electron chi connectivity index (χ3n) is 3.85. The summed E-state index contributed by atoms with van der Waals surface area (Å²) in [5, 5.41) is 15.5. The van der Waals surface area contributed by atoms with E-state index in [4.69, 9.17) is 28.9 Å². The van der Waals surface area contributed by atoms with Crippen LogP contribution in [-0.2, 0) is 9.59 Å². The van der Waals surface area contributed by atoms with Gasteiger partial charge >= 0.3 is 0 Å². The van der Waals surface area contributed by atoms with Crippen molar-refractivity contribution in [3.63, 3.8) is 0 Å². The van der Waals surface area contributed by atoms with Crippen molar-refractivity contribution in [3.05, 3.63) is 43.6 Å². The van der Waals surface area contributed by atoms with E-state index < -0.39 is 17.9 Å². The van der Waals surface area contributed by atoms with Gasteiger partial charge in [0.15, 0.2) is 0 Å². The van der Waals surface area contributed by atoms with Crippen molar-refractivity contribution in [2.75, 3.05) is 12.3 Å². The Morgan fingerprint density at radius 2 is 1.93 bits per heavy atom. The van der Waals surface area contributed by atoms with Crippen LogP contribution in [0.15, 0.2) is 18.2 Å². The smallest absolute Gasteiger partial charge is 0.261 e. The van der Waals surface area contributed by atoms with Crippen LogP contribution >= 0.6 is 34.5 Å². The number of thiophene rings is 1. The van der Waals surface area contributed by atoms with E-state index in [2.05, 4.69) is 10.6 Å². The number of nitrogens with one attached hydrogen (secondary N) is 2. The summed E-state index contributed by atoms with van der Waals surface area (Å²) in [5.74, 6) is -1.46. The van der Waals surface area contributed by atoms with Gasteiger partial charge in [-0.2, -0.15) is 0 Å². The Labute approximate surface area is 175 Å². The number of hydrogen-bond donors (Lipinski definition) is 4. The van der Waals surface area contributed by atoms with Gasteiger partial charge in [0.2, 0.25) is 5.91 Å². The molecule has 1 heterocycles. The molecule has 0 spiro atoms. The SMILES string of the molecule is CC(=O)CC(NC(=O)CNC(=O)c1cc(N)c(C)s1)c1cc(Cl)cc(Cl)c1O. The number of amides is 2. The quantitative estimate of drug-likeness (QED) is 0.523. The number of halogens is 2. The number of benzene rings is 1. The van der Waals surface area contributed by atoms with Crippen LogP contribution < -0.4 is 16.4 Å². The predicted octanol–water partition coefficient (Wildman–Crippen LogP) is 3.22. The highest BCUT2D eigenvalue weighted by Gasteiger charge is 2.22. The Bertz CT molecular complexity index is 910. The second-order valence-corrected chi connectivity index (χ2v) is 8.26. The number of phenolic OH excluding ortho intramolecular Hbond substituents is 1. The number of carbonyl (C=O) groups is 3. The van der Waals surface area contributed by atoms with E-state index in [1.54, 1.807) is 6.92 Å². The average Bonchev–Trinajstić information content (AvgIpc) is 2.94. The van der Waals surface area contributed by atoms with Crippen LogP contribution in [0.25, 0.3) is 0 Å². The lowest BCUT2D eigenvalue weighted by Crippen LogP contribution is -2.39. The molecule has 0 saturated carbocycles. The number of Topliss-reactive ketones (excluding diaryl/α,β-unsaturated/α-hetero) is 1. The Kier molecular flexibility index (Phi) is 7.29. The Morgan fingerprint density at radius 1 is 1.25 bits per heavy atom. The third kappa shape index (κ3) is 5.60. The van der Waals surface area contributed by atoms with Gasteiger partial charge in [0.25, 0.3) is 5.91 Å². The minimum atomic E-state index is -0.849. The van der Waals surface area contributed by atoms with Gasteiger partial charge in [-0.05, 0) is 32.0 Å². The fourth-order valence-electron chi connectivity index (χ4n) is 2.48. The van der Waals surface area contributed by atoms with Gasteiger partial charge in [-0.15, -0.1) is 11.3 Å². The van der Waals surface area contributed by atoms with E-state index in [1.807, 2.05) is 0 Å². The summed E-state index contributed by atoms with van der Waals surface area (Å²) in [4.78, 5) is 37.2. The molecular weight excluding hydrogens is 425 g/mol. The lowest BCUT2D eigenvalue weighted by atomic mass is 10.0. The molecule has 1 aromatic heterocycles. The topological polar surface area (TPSA) is 122 Å². The van der Waals surface area contributed by atoms with Gasteiger partial charge in [0.1, 0.15) is 11.5 Å². The first-order valence-corrected chi connectivity index (χ1v) is 9.76. The molecule has 7 nitrogen and oxygen atoms in total. The molecule has 0 aliphatic heterocycles. The fraction of sp³-hybridized carbons (Fsp3) is 0.278. The van der Waals surface area contributed by atoms with Crippen molar-refractivity contribution < 1.29 is 19.5 Å². The number of nitrogen functional groups attached to an aromatic ring is 1. The maximum atomic E-state index is 12.3. The lowest BCUT2D eigenvalue weighted by molar-refractivity contribution is -0.121. The lowest BCUT2D eigenvalue weighted by Gasteiger charge is -2.20. The van der Waals surface area contributed by atoms with Gasteiger partial charge in [-0.25, -0.2) is 0 Å². The van der Waals surface area contributed by atoms with Crippen molar-refractivity contribution in [1.82, 2.24) is 10.6 Å². The number of aromatic hydroxyl groups is 1. The summed E-state index contributed by atoms with van der Waals surface area (Å²) < 4.78 is 0. The zero-order chi connectivity index (χ0) is 21.0. The average molecular weight is 444 g/mol. The van der Waals surface area contributed by atoms with E-state index in [0.717, 1.165) is 4.88 Å². The molecule has 2 amide bonds. The van der Waals surface area contributed by atoms with Crippen LogP contribution in [0.5, 0.6) is 5.75 Å². The van der Waals surface area contributed by atoms with Gasteiger partial charge < -0.3 is 21.5 Å². The first kappa shape index (κ1) is 22.0. The number of ketones is 1. The third-order valence-corrected chi connectivity index (χ3v) is 5.42. The highest BCUT2D eigenvalue weighted by atomic mass is 35.5. The molecule has 0 aliphatic carbocycles. The van der Waals surface area contributed by atoms with Crippen molar-refractivity contribution in [2.24, 2.45) is 0 Å². The summed E-state index contributed by atoms with van der Waals surface area (Å²) in [6.07, 6.45) is -0.0788. The van der Waals surface area contributed by atoms with Crippen molar-refractivity contribution in [1.29, 1.82) is 0 Å². The summed E-state index contributed by atoms with van der Waals surface area (Å²) >= 11 is 13.1. The van der Waals surface area contributed by atoms with Gasteiger partial charge in [-0.3, -0.25) is 14.4 Å². The first-order valence-electron chi connectivity index (χ1n) is 8.19. The minimum Gasteiger partial charge on any atom is -0.506 e. The Hall–Kier alpha value is -2.29. The van der Waals surface area contributed by atoms with Gasteiger partial charge in [0.05, 0.1) is 22.5 Å². The zero-order valence-electron chi connectivity index (χ0n) is 15.1. The van der Waals surface area contributed by atoms with Crippen LogP contribution in [0.2, 0.25) is 10.0 Å². The zero-order valence-corrected chi connectivity index (χ0v) is 17.5. The molecule has 150 valence electrons. The van der Waals surface area contributed by atoms with E-state index in [0.29, 0.717) is 10.6 Å². The van der Waals surface area contributed by atoms with Crippen LogP contribution in [0.3, 0.4) is 0 Å². The number of aryl methyl sites for hydroxylation is 1. The largest absolute Gasteiger partial charge is 0.506 e. The van der Waals surface area contributed by atoms with Gasteiger partial charge in [-0.1, -0.05) is 23.2 Å². The summed E-state index contributed by atoms with van der Waals surface area (Å²) in [6, 6.07) is 3.46. The number of carbonyl (C=O) groups excluding carboxylic acids is 3. The number of anilines is 1. The Morgan fingerprint density at radius 3 is 2.50 bits per heavy atom. The second kappa shape index (κ2) is 9.27. The number of hydrogen-bond acceptors (Lipinski definition) is 6. The second-order valence-electron chi connectivity index (χ2n) is 6.16. The molecule has 0 radical (unpaired) electrons. The highest BCUT2D eigenvalue weighted by molar-refractivity contribution is 7.14. The molecule has 0 saturated heterocycles. The first-order chi connectivity index (χ1) is 13.1. The van der Waals surface area contributed by atoms with Gasteiger partial charge in [0, 0.05) is 27.6 Å². The standard InChI is InChI=1S/C18H19Cl2N3O4S/c1-8(24)3-14(11-4-10(19)5-12(20)17(11)26)23-16(25)7-22-18(27)15-6-13(21)9(2)28-15/h4-6,14,26H,3,7,21H2,1-2H3,(H,22,27)(H,23,25). The number of nitrogens with two attached hydrogens (primary N) is 1. The summed E-state index contributed by atoms with van der Waals surface area (Å²) in [7, 11) is 0. The molecule has 1 aromatic carbocycles. The van der Waals surface area contributed by atoms with Crippen molar-refractivity contribution in [2.45, 2.75) is 26.3 Å². The maximum Gasteiger partial charge on any atom is 0.261 e. The molecule has 2 aromatic rings. The molecule has 1 unspecified atom stereocenters. The molecule has 2 rings (SSSR count). The number of phenols is 1. The summed E-state index contributed by atoms with van der Waals surface area (Å²) in [6.45, 7) is 2.82. The molecule has 0 bridgehead atoms. The van der Waals surface area contributed by atoms with E-state index >= 15 is 0 Å². The van der Waals surface area contributed by atoms with Crippen LogP contribution in [0, 0.1) is 6.92 Å². The van der Waals surface area contributed by atoms with E-state index in [-0.39, 0.29) is 40.1 Å². The monoisotopic (exact) mass is 443 g/mol. The predicted molar refractivity (Wildman–Crippen MR) is 110 cm³/mol. The molecule has 1 atom stereocenters. The summed E-state index contributed by atoms with van der Waals surface area (Å²) in [5.41, 5.74) is 6.45. The molecule has 10 heteroatoms. The van der Waals surface area contributed by atoms with Crippen molar-refractivity contribution in [3.8, 4) is 5.75 Å². The van der Waals surface area contributed by atoms with Crippen LogP contribution in [0.1, 0.15) is 39.5 Å². The maximum absolute atomic E-state index is 12.3. The number of rotatable bonds is 7. The minimum absolute atomic E-state index is 0.00394. The molecular formula is C18H19Cl2N3O4S. The molecule has 0 aliphatic rings. The normalized spacial score (nSPS) is 11.7.